The van der Waals surface area contributed by atoms with Gasteiger partial charge in [-0.1, -0.05) is 18.2 Å². The smallest absolute Gasteiger partial charge is 0.237 e. The lowest BCUT2D eigenvalue weighted by Gasteiger charge is -2.15. The summed E-state index contributed by atoms with van der Waals surface area (Å²) in [5.41, 5.74) is 4.87. The fourth-order valence-electron chi connectivity index (χ4n) is 2.04. The summed E-state index contributed by atoms with van der Waals surface area (Å²) in [5, 5.41) is 3.42. The van der Waals surface area contributed by atoms with Gasteiger partial charge in [0.1, 0.15) is 0 Å². The Labute approximate surface area is 121 Å². The van der Waals surface area contributed by atoms with Gasteiger partial charge in [-0.05, 0) is 56.5 Å². The van der Waals surface area contributed by atoms with E-state index in [1.165, 1.54) is 16.7 Å². The first kappa shape index (κ1) is 14.4. The second-order valence-electron chi connectivity index (χ2n) is 5.24. The molecule has 1 aromatic carbocycles. The molecule has 3 nitrogen and oxygen atoms in total. The van der Waals surface area contributed by atoms with E-state index in [4.69, 9.17) is 4.74 Å². The molecule has 0 spiro atoms. The van der Waals surface area contributed by atoms with Crippen LogP contribution in [0.5, 0.6) is 5.88 Å². The van der Waals surface area contributed by atoms with Gasteiger partial charge in [-0.25, -0.2) is 4.98 Å². The van der Waals surface area contributed by atoms with Crippen molar-refractivity contribution in [2.24, 2.45) is 0 Å². The number of nitrogens with zero attached hydrogens (tertiary/aromatic N) is 1. The minimum Gasteiger partial charge on any atom is -0.473 e. The Balaban J connectivity index is 2.13. The molecule has 2 aromatic rings. The number of aryl methyl sites for hydroxylation is 1. The van der Waals surface area contributed by atoms with Crippen LogP contribution in [0.25, 0.3) is 0 Å². The maximum absolute atomic E-state index is 5.71. The van der Waals surface area contributed by atoms with Crippen molar-refractivity contribution in [3.05, 3.63) is 53.2 Å². The minimum absolute atomic E-state index is 0.117. The Bertz CT molecular complexity index is 579. The third-order valence-corrected chi connectivity index (χ3v) is 3.30. The number of hydrogen-bond donors (Lipinski definition) is 1. The van der Waals surface area contributed by atoms with Crippen LogP contribution in [0.3, 0.4) is 0 Å². The van der Waals surface area contributed by atoms with E-state index in [2.05, 4.69) is 42.3 Å². The zero-order valence-electron chi connectivity index (χ0n) is 12.6. The first-order chi connectivity index (χ1) is 9.58. The number of anilines is 1. The van der Waals surface area contributed by atoms with Gasteiger partial charge in [0.25, 0.3) is 0 Å². The standard InChI is InChI=1S/C17H22N2O/c1-12(2)20-17-16(9-6-10-18-17)19-11-15-8-5-7-13(3)14(15)4/h5-10,12,19H,11H2,1-4H3. The number of benzene rings is 1. The topological polar surface area (TPSA) is 34.2 Å². The lowest BCUT2D eigenvalue weighted by Crippen LogP contribution is -2.10. The van der Waals surface area contributed by atoms with Crippen molar-refractivity contribution in [1.29, 1.82) is 0 Å². The van der Waals surface area contributed by atoms with Gasteiger partial charge in [-0.2, -0.15) is 0 Å². The summed E-state index contributed by atoms with van der Waals surface area (Å²) < 4.78 is 5.71. The van der Waals surface area contributed by atoms with Crippen LogP contribution >= 0.6 is 0 Å². The maximum atomic E-state index is 5.71. The molecule has 0 aliphatic carbocycles. The van der Waals surface area contributed by atoms with Crippen LogP contribution < -0.4 is 10.1 Å². The van der Waals surface area contributed by atoms with E-state index in [9.17, 15) is 0 Å². The van der Waals surface area contributed by atoms with E-state index in [1.54, 1.807) is 6.20 Å². The summed E-state index contributed by atoms with van der Waals surface area (Å²) in [6.07, 6.45) is 1.87. The quantitative estimate of drug-likeness (QED) is 0.888. The molecule has 0 bridgehead atoms. The Morgan fingerprint density at radius 3 is 2.70 bits per heavy atom. The largest absolute Gasteiger partial charge is 0.473 e. The van der Waals surface area contributed by atoms with Crippen LogP contribution in [0.4, 0.5) is 5.69 Å². The van der Waals surface area contributed by atoms with Crippen molar-refractivity contribution in [2.45, 2.75) is 40.3 Å². The molecule has 106 valence electrons. The van der Waals surface area contributed by atoms with Crippen molar-refractivity contribution >= 4 is 5.69 Å². The van der Waals surface area contributed by atoms with Crippen molar-refractivity contribution in [1.82, 2.24) is 4.98 Å². The molecular weight excluding hydrogens is 248 g/mol. The highest BCUT2D eigenvalue weighted by Crippen LogP contribution is 2.23. The van der Waals surface area contributed by atoms with Gasteiger partial charge in [-0.3, -0.25) is 0 Å². The van der Waals surface area contributed by atoms with Gasteiger partial charge in [0, 0.05) is 12.7 Å². The Morgan fingerprint density at radius 1 is 1.15 bits per heavy atom. The third-order valence-electron chi connectivity index (χ3n) is 3.30. The van der Waals surface area contributed by atoms with Gasteiger partial charge >= 0.3 is 0 Å². The normalized spacial score (nSPS) is 10.7. The van der Waals surface area contributed by atoms with Crippen LogP contribution in [0.2, 0.25) is 0 Å². The fraction of sp³-hybridized carbons (Fsp3) is 0.353. The molecule has 20 heavy (non-hydrogen) atoms. The fourth-order valence-corrected chi connectivity index (χ4v) is 2.04. The molecular formula is C17H22N2O. The number of hydrogen-bond acceptors (Lipinski definition) is 3. The molecule has 1 aromatic heterocycles. The summed E-state index contributed by atoms with van der Waals surface area (Å²) >= 11 is 0. The molecule has 1 N–H and O–H groups in total. The Morgan fingerprint density at radius 2 is 1.95 bits per heavy atom. The highest BCUT2D eigenvalue weighted by molar-refractivity contribution is 5.52. The second-order valence-corrected chi connectivity index (χ2v) is 5.24. The molecule has 2 rings (SSSR count). The average Bonchev–Trinajstić information content (AvgIpc) is 2.41. The van der Waals surface area contributed by atoms with E-state index in [-0.39, 0.29) is 6.10 Å². The summed E-state index contributed by atoms with van der Waals surface area (Å²) in [5.74, 6) is 0.660. The number of nitrogens with one attached hydrogen (secondary N) is 1. The monoisotopic (exact) mass is 270 g/mol. The van der Waals surface area contributed by atoms with Gasteiger partial charge in [0.2, 0.25) is 5.88 Å². The van der Waals surface area contributed by atoms with Crippen molar-refractivity contribution in [2.75, 3.05) is 5.32 Å². The van der Waals surface area contributed by atoms with E-state index < -0.39 is 0 Å². The number of pyridine rings is 1. The lowest BCUT2D eigenvalue weighted by atomic mass is 10.0. The Hall–Kier alpha value is -2.03. The summed E-state index contributed by atoms with van der Waals surface area (Å²) in [4.78, 5) is 4.29. The van der Waals surface area contributed by atoms with Crippen LogP contribution in [0.1, 0.15) is 30.5 Å². The zero-order valence-corrected chi connectivity index (χ0v) is 12.6. The van der Waals surface area contributed by atoms with Crippen LogP contribution in [-0.4, -0.2) is 11.1 Å². The first-order valence-electron chi connectivity index (χ1n) is 6.98. The molecule has 1 heterocycles. The van der Waals surface area contributed by atoms with E-state index in [0.717, 1.165) is 12.2 Å². The number of aromatic nitrogens is 1. The van der Waals surface area contributed by atoms with Crippen LogP contribution in [0.15, 0.2) is 36.5 Å². The van der Waals surface area contributed by atoms with Crippen molar-refractivity contribution < 1.29 is 4.74 Å². The highest BCUT2D eigenvalue weighted by Gasteiger charge is 2.07. The molecule has 0 saturated heterocycles. The van der Waals surface area contributed by atoms with E-state index in [1.807, 2.05) is 26.0 Å². The van der Waals surface area contributed by atoms with E-state index >= 15 is 0 Å². The Kier molecular flexibility index (Phi) is 4.61. The molecule has 0 fully saturated rings. The van der Waals surface area contributed by atoms with Crippen LogP contribution in [-0.2, 0) is 6.54 Å². The van der Waals surface area contributed by atoms with Crippen molar-refractivity contribution in [3.8, 4) is 5.88 Å². The molecule has 0 amide bonds. The first-order valence-corrected chi connectivity index (χ1v) is 6.98. The molecule has 0 aliphatic rings. The third kappa shape index (κ3) is 3.50. The maximum Gasteiger partial charge on any atom is 0.237 e. The SMILES string of the molecule is Cc1cccc(CNc2cccnc2OC(C)C)c1C. The summed E-state index contributed by atoms with van der Waals surface area (Å²) in [6.45, 7) is 9.07. The second kappa shape index (κ2) is 6.42. The zero-order chi connectivity index (χ0) is 14.5. The number of rotatable bonds is 5. The lowest BCUT2D eigenvalue weighted by molar-refractivity contribution is 0.234. The molecule has 0 aliphatic heterocycles. The van der Waals surface area contributed by atoms with Gasteiger partial charge in [0.05, 0.1) is 11.8 Å². The van der Waals surface area contributed by atoms with Gasteiger partial charge in [-0.15, -0.1) is 0 Å². The summed E-state index contributed by atoms with van der Waals surface area (Å²) in [7, 11) is 0. The molecule has 0 unspecified atom stereocenters. The average molecular weight is 270 g/mol. The van der Waals surface area contributed by atoms with Gasteiger partial charge < -0.3 is 10.1 Å². The summed E-state index contributed by atoms with van der Waals surface area (Å²) in [6, 6.07) is 10.3. The highest BCUT2D eigenvalue weighted by atomic mass is 16.5. The van der Waals surface area contributed by atoms with Crippen molar-refractivity contribution in [3.63, 3.8) is 0 Å². The molecule has 0 saturated carbocycles. The van der Waals surface area contributed by atoms with Gasteiger partial charge in [0.15, 0.2) is 0 Å². The number of ether oxygens (including phenoxy) is 1. The van der Waals surface area contributed by atoms with E-state index in [0.29, 0.717) is 5.88 Å². The molecule has 0 radical (unpaired) electrons. The predicted molar refractivity (Wildman–Crippen MR) is 83.2 cm³/mol. The molecule has 3 heteroatoms. The predicted octanol–water partition coefficient (Wildman–Crippen LogP) is 4.10. The van der Waals surface area contributed by atoms with Crippen LogP contribution in [0, 0.1) is 13.8 Å². The minimum atomic E-state index is 0.117. The molecule has 0 atom stereocenters.